The number of nitrogens with zero attached hydrogens (tertiary/aromatic N) is 2. The molecule has 2 unspecified atom stereocenters. The normalized spacial score (nSPS) is 19.6. The number of piperidine rings is 1. The largest absolute Gasteiger partial charge is 0.381 e. The van der Waals surface area contributed by atoms with Gasteiger partial charge in [0.25, 0.3) is 0 Å². The van der Waals surface area contributed by atoms with Crippen molar-refractivity contribution < 1.29 is 14.6 Å². The van der Waals surface area contributed by atoms with Crippen LogP contribution in [0.4, 0.5) is 0 Å². The third-order valence-electron chi connectivity index (χ3n) is 5.58. The highest BCUT2D eigenvalue weighted by atomic mass is 16.5. The summed E-state index contributed by atoms with van der Waals surface area (Å²) in [5.74, 6) is -0.311. The minimum atomic E-state index is -0.837. The number of benzene rings is 1. The van der Waals surface area contributed by atoms with E-state index in [0.29, 0.717) is 25.5 Å². The van der Waals surface area contributed by atoms with Gasteiger partial charge in [-0.1, -0.05) is 26.0 Å². The van der Waals surface area contributed by atoms with Gasteiger partial charge in [0, 0.05) is 26.3 Å². The predicted octanol–water partition coefficient (Wildman–Crippen LogP) is 1.45. The van der Waals surface area contributed by atoms with Gasteiger partial charge >= 0.3 is 5.69 Å². The van der Waals surface area contributed by atoms with Crippen LogP contribution in [0.1, 0.15) is 51.1 Å². The highest BCUT2D eigenvalue weighted by Crippen LogP contribution is 2.26. The van der Waals surface area contributed by atoms with Crippen molar-refractivity contribution in [2.24, 2.45) is 7.05 Å². The first-order chi connectivity index (χ1) is 14.4. The number of ether oxygens (including phenoxy) is 1. The predicted molar refractivity (Wildman–Crippen MR) is 116 cm³/mol. The van der Waals surface area contributed by atoms with E-state index in [-0.39, 0.29) is 11.6 Å². The number of aromatic nitrogens is 2. The summed E-state index contributed by atoms with van der Waals surface area (Å²) in [5, 5.41) is 15.6. The first kappa shape index (κ1) is 22.5. The molecule has 1 aliphatic rings. The van der Waals surface area contributed by atoms with Gasteiger partial charge in [-0.25, -0.2) is 4.79 Å². The van der Waals surface area contributed by atoms with Crippen molar-refractivity contribution in [1.29, 1.82) is 0 Å². The fourth-order valence-corrected chi connectivity index (χ4v) is 4.08. The van der Waals surface area contributed by atoms with Crippen molar-refractivity contribution >= 4 is 16.9 Å². The maximum Gasteiger partial charge on any atom is 0.329 e. The molecule has 8 heteroatoms. The molecule has 2 aromatic rings. The molecule has 1 saturated heterocycles. The minimum Gasteiger partial charge on any atom is -0.381 e. The average Bonchev–Trinajstić information content (AvgIpc) is 2.95. The van der Waals surface area contributed by atoms with Gasteiger partial charge in [-0.05, 0) is 50.3 Å². The Balaban J connectivity index is 1.66. The molecule has 30 heavy (non-hydrogen) atoms. The number of para-hydroxylation sites is 1. The van der Waals surface area contributed by atoms with E-state index in [1.807, 2.05) is 18.2 Å². The Hall–Kier alpha value is -2.16. The fourth-order valence-electron chi connectivity index (χ4n) is 4.08. The summed E-state index contributed by atoms with van der Waals surface area (Å²) in [6.45, 7) is 6.63. The molecule has 3 N–H and O–H groups in total. The molecule has 1 fully saturated rings. The zero-order valence-corrected chi connectivity index (χ0v) is 18.2. The van der Waals surface area contributed by atoms with Crippen LogP contribution in [0.15, 0.2) is 23.0 Å². The lowest BCUT2D eigenvalue weighted by Gasteiger charge is -2.26. The Labute approximate surface area is 177 Å². The van der Waals surface area contributed by atoms with E-state index in [1.54, 1.807) is 16.2 Å². The van der Waals surface area contributed by atoms with E-state index in [9.17, 15) is 14.7 Å². The van der Waals surface area contributed by atoms with Crippen LogP contribution >= 0.6 is 0 Å². The number of carbonyl (C=O) groups is 1. The summed E-state index contributed by atoms with van der Waals surface area (Å²) in [6.07, 6.45) is 2.69. The summed E-state index contributed by atoms with van der Waals surface area (Å²) in [5.41, 5.74) is 2.50. The van der Waals surface area contributed by atoms with Crippen molar-refractivity contribution in [3.8, 4) is 0 Å². The molecule has 1 amide bonds. The fraction of sp³-hybridized carbons (Fsp3) is 0.636. The Bertz CT molecular complexity index is 918. The molecule has 0 radical (unpaired) electrons. The molecule has 1 aliphatic heterocycles. The number of nitrogens with one attached hydrogen (secondary N) is 2. The average molecular weight is 419 g/mol. The third kappa shape index (κ3) is 5.11. The van der Waals surface area contributed by atoms with Crippen LogP contribution in [-0.4, -0.2) is 52.2 Å². The Morgan fingerprint density at radius 1 is 1.23 bits per heavy atom. The number of aryl methyl sites for hydroxylation is 2. The Morgan fingerprint density at radius 2 is 2.00 bits per heavy atom. The number of hydrogen-bond acceptors (Lipinski definition) is 5. The molecule has 0 spiro atoms. The first-order valence-corrected chi connectivity index (χ1v) is 10.9. The number of aliphatic hydroxyl groups excluding tert-OH is 1. The maximum absolute atomic E-state index is 12.9. The highest BCUT2D eigenvalue weighted by molar-refractivity contribution is 5.86. The van der Waals surface area contributed by atoms with Crippen molar-refractivity contribution in [1.82, 2.24) is 19.8 Å². The van der Waals surface area contributed by atoms with Crippen molar-refractivity contribution in [3.05, 3.63) is 34.2 Å². The van der Waals surface area contributed by atoms with Crippen LogP contribution in [0.3, 0.4) is 0 Å². The van der Waals surface area contributed by atoms with Crippen LogP contribution in [-0.2, 0) is 23.0 Å². The summed E-state index contributed by atoms with van der Waals surface area (Å²) in [7, 11) is 1.75. The van der Waals surface area contributed by atoms with Crippen molar-refractivity contribution in [2.75, 3.05) is 19.8 Å². The van der Waals surface area contributed by atoms with Gasteiger partial charge < -0.3 is 20.5 Å². The first-order valence-electron chi connectivity index (χ1n) is 10.9. The van der Waals surface area contributed by atoms with E-state index in [2.05, 4.69) is 24.5 Å². The Morgan fingerprint density at radius 3 is 2.73 bits per heavy atom. The molecule has 8 nitrogen and oxygen atoms in total. The SMILES string of the molecule is CC(C)NCCCOCCCc1cccc2c1n(C)c(=O)n2C1CCC(O)NC1=O. The number of rotatable bonds is 10. The monoisotopic (exact) mass is 418 g/mol. The minimum absolute atomic E-state index is 0.206. The molecular formula is C22H34N4O4. The standard InChI is InChI=1S/C22H34N4O4/c1-15(2)23-12-6-14-30-13-5-8-16-7-4-9-17-20(16)25(3)22(29)26(17)18-10-11-19(27)24-21(18)28/h4,7,9,15,18-19,23,27H,5-6,8,10-14H2,1-3H3,(H,24,28). The van der Waals surface area contributed by atoms with Crippen LogP contribution in [0.2, 0.25) is 0 Å². The lowest BCUT2D eigenvalue weighted by Crippen LogP contribution is -2.46. The summed E-state index contributed by atoms with van der Waals surface area (Å²) >= 11 is 0. The molecule has 2 atom stereocenters. The van der Waals surface area contributed by atoms with Crippen LogP contribution in [0.5, 0.6) is 0 Å². The smallest absolute Gasteiger partial charge is 0.329 e. The number of amides is 1. The zero-order valence-electron chi connectivity index (χ0n) is 18.2. The summed E-state index contributed by atoms with van der Waals surface area (Å²) in [4.78, 5) is 25.3. The summed E-state index contributed by atoms with van der Waals surface area (Å²) < 4.78 is 8.93. The van der Waals surface area contributed by atoms with Crippen molar-refractivity contribution in [3.63, 3.8) is 0 Å². The van der Waals surface area contributed by atoms with E-state index < -0.39 is 12.3 Å². The highest BCUT2D eigenvalue weighted by Gasteiger charge is 2.31. The van der Waals surface area contributed by atoms with Gasteiger partial charge in [0.15, 0.2) is 0 Å². The van der Waals surface area contributed by atoms with E-state index in [1.165, 1.54) is 0 Å². The van der Waals surface area contributed by atoms with E-state index in [0.717, 1.165) is 49.0 Å². The number of aliphatic hydroxyl groups is 1. The van der Waals surface area contributed by atoms with Crippen LogP contribution in [0, 0.1) is 0 Å². The molecule has 0 bridgehead atoms. The lowest BCUT2D eigenvalue weighted by molar-refractivity contribution is -0.130. The molecule has 1 aromatic heterocycles. The quantitative estimate of drug-likeness (QED) is 0.508. The van der Waals surface area contributed by atoms with Gasteiger partial charge in [0.1, 0.15) is 12.3 Å². The Kier molecular flexibility index (Phi) is 7.69. The van der Waals surface area contributed by atoms with E-state index >= 15 is 0 Å². The van der Waals surface area contributed by atoms with Gasteiger partial charge in [0.2, 0.25) is 5.91 Å². The molecule has 2 heterocycles. The number of imidazole rings is 1. The van der Waals surface area contributed by atoms with Gasteiger partial charge in [-0.15, -0.1) is 0 Å². The topological polar surface area (TPSA) is 97.5 Å². The molecule has 1 aromatic carbocycles. The van der Waals surface area contributed by atoms with Crippen LogP contribution in [0.25, 0.3) is 11.0 Å². The maximum atomic E-state index is 12.9. The van der Waals surface area contributed by atoms with Crippen molar-refractivity contribution in [2.45, 2.75) is 64.3 Å². The van der Waals surface area contributed by atoms with Gasteiger partial charge in [0.05, 0.1) is 11.0 Å². The number of hydrogen-bond donors (Lipinski definition) is 3. The second-order valence-corrected chi connectivity index (χ2v) is 8.29. The second kappa shape index (κ2) is 10.2. The second-order valence-electron chi connectivity index (χ2n) is 8.29. The molecule has 0 saturated carbocycles. The van der Waals surface area contributed by atoms with Gasteiger partial charge in [-0.2, -0.15) is 0 Å². The zero-order chi connectivity index (χ0) is 21.7. The number of carbonyl (C=O) groups excluding carboxylic acids is 1. The van der Waals surface area contributed by atoms with E-state index in [4.69, 9.17) is 4.74 Å². The molecular weight excluding hydrogens is 384 g/mol. The lowest BCUT2D eigenvalue weighted by atomic mass is 10.0. The summed E-state index contributed by atoms with van der Waals surface area (Å²) in [6, 6.07) is 5.75. The van der Waals surface area contributed by atoms with Crippen LogP contribution < -0.4 is 16.3 Å². The molecule has 0 aliphatic carbocycles. The van der Waals surface area contributed by atoms with Gasteiger partial charge in [-0.3, -0.25) is 13.9 Å². The third-order valence-corrected chi connectivity index (χ3v) is 5.58. The molecule has 166 valence electrons. The molecule has 3 rings (SSSR count). The number of fused-ring (bicyclic) bond motifs is 1.